The van der Waals surface area contributed by atoms with Crippen LogP contribution in [0.5, 0.6) is 5.75 Å². The van der Waals surface area contributed by atoms with Crippen molar-refractivity contribution in [2.24, 2.45) is 0 Å². The van der Waals surface area contributed by atoms with Crippen LogP contribution in [0.4, 0.5) is 4.39 Å². The van der Waals surface area contributed by atoms with Crippen LogP contribution in [-0.2, 0) is 0 Å². The zero-order valence-corrected chi connectivity index (χ0v) is 12.1. The zero-order valence-electron chi connectivity index (χ0n) is 10.5. The molecule has 0 atom stereocenters. The van der Waals surface area contributed by atoms with Crippen LogP contribution in [0, 0.1) is 12.7 Å². The fourth-order valence-electron chi connectivity index (χ4n) is 1.85. The molecule has 0 aliphatic heterocycles. The smallest absolute Gasteiger partial charge is 0.195 e. The minimum atomic E-state index is -0.534. The number of carbonyl (C=O) groups is 1. The van der Waals surface area contributed by atoms with Gasteiger partial charge in [-0.2, -0.15) is 0 Å². The van der Waals surface area contributed by atoms with E-state index in [2.05, 4.69) is 15.9 Å². The summed E-state index contributed by atoms with van der Waals surface area (Å²) in [5.41, 5.74) is 1.35. The molecule has 0 amide bonds. The molecule has 98 valence electrons. The Kier molecular flexibility index (Phi) is 4.00. The fraction of sp³-hybridized carbons (Fsp3) is 0.133. The molecule has 0 aliphatic rings. The number of ether oxygens (including phenoxy) is 1. The van der Waals surface area contributed by atoms with E-state index in [0.717, 1.165) is 5.56 Å². The number of benzene rings is 2. The molecule has 2 nitrogen and oxygen atoms in total. The molecule has 19 heavy (non-hydrogen) atoms. The van der Waals surface area contributed by atoms with E-state index in [1.807, 2.05) is 6.92 Å². The molecule has 0 spiro atoms. The van der Waals surface area contributed by atoms with Crippen molar-refractivity contribution in [1.29, 1.82) is 0 Å². The van der Waals surface area contributed by atoms with Gasteiger partial charge in [0.2, 0.25) is 0 Å². The quantitative estimate of drug-likeness (QED) is 0.794. The number of methoxy groups -OCH3 is 1. The first-order valence-corrected chi connectivity index (χ1v) is 6.46. The number of hydrogen-bond donors (Lipinski definition) is 0. The molecule has 0 aromatic heterocycles. The van der Waals surface area contributed by atoms with Gasteiger partial charge in [0.25, 0.3) is 0 Å². The lowest BCUT2D eigenvalue weighted by Gasteiger charge is -2.07. The molecular formula is C15H12BrFO2. The molecule has 0 radical (unpaired) electrons. The van der Waals surface area contributed by atoms with Crippen LogP contribution in [-0.4, -0.2) is 12.9 Å². The van der Waals surface area contributed by atoms with Crippen LogP contribution in [0.2, 0.25) is 0 Å². The molecule has 0 unspecified atom stereocenters. The minimum Gasteiger partial charge on any atom is -0.496 e. The Balaban J connectivity index is 2.41. The molecular weight excluding hydrogens is 311 g/mol. The Morgan fingerprint density at radius 1 is 1.21 bits per heavy atom. The third-order valence-corrected chi connectivity index (χ3v) is 3.33. The van der Waals surface area contributed by atoms with Crippen molar-refractivity contribution in [2.75, 3.05) is 7.11 Å². The molecule has 4 heteroatoms. The van der Waals surface area contributed by atoms with Crippen molar-refractivity contribution < 1.29 is 13.9 Å². The first-order chi connectivity index (χ1) is 9.02. The molecule has 0 fully saturated rings. The van der Waals surface area contributed by atoms with Crippen LogP contribution >= 0.6 is 15.9 Å². The number of ketones is 1. The highest BCUT2D eigenvalue weighted by atomic mass is 79.9. The summed E-state index contributed by atoms with van der Waals surface area (Å²) in [5, 5.41) is 0. The predicted octanol–water partition coefficient (Wildman–Crippen LogP) is 4.14. The summed E-state index contributed by atoms with van der Waals surface area (Å²) in [7, 11) is 1.57. The Morgan fingerprint density at radius 2 is 1.95 bits per heavy atom. The van der Waals surface area contributed by atoms with Gasteiger partial charge in [-0.05, 0) is 48.9 Å². The second-order valence-corrected chi connectivity index (χ2v) is 5.05. The van der Waals surface area contributed by atoms with Crippen molar-refractivity contribution in [2.45, 2.75) is 6.92 Å². The average Bonchev–Trinajstić information content (AvgIpc) is 2.38. The molecule has 2 rings (SSSR count). The van der Waals surface area contributed by atoms with Crippen LogP contribution in [0.25, 0.3) is 0 Å². The fourth-order valence-corrected chi connectivity index (χ4v) is 2.18. The highest BCUT2D eigenvalue weighted by molar-refractivity contribution is 9.10. The van der Waals surface area contributed by atoms with Crippen molar-refractivity contribution >= 4 is 21.7 Å². The molecule has 2 aromatic carbocycles. The standard InChI is InChI=1S/C15H12BrFO2/c1-9-7-10(3-6-14(9)19-2)15(18)12-5-4-11(16)8-13(12)17/h3-8H,1-2H3. The van der Waals surface area contributed by atoms with E-state index in [9.17, 15) is 9.18 Å². The molecule has 0 aliphatic carbocycles. The maximum absolute atomic E-state index is 13.8. The molecule has 0 N–H and O–H groups in total. The van der Waals surface area contributed by atoms with Crippen LogP contribution in [0.1, 0.15) is 21.5 Å². The normalized spacial score (nSPS) is 10.3. The van der Waals surface area contributed by atoms with Crippen molar-refractivity contribution in [3.05, 3.63) is 63.4 Å². The van der Waals surface area contributed by atoms with E-state index in [1.54, 1.807) is 31.4 Å². The SMILES string of the molecule is COc1ccc(C(=O)c2ccc(Br)cc2F)cc1C. The predicted molar refractivity (Wildman–Crippen MR) is 75.3 cm³/mol. The Morgan fingerprint density at radius 3 is 2.53 bits per heavy atom. The van der Waals surface area contributed by atoms with Gasteiger partial charge in [-0.1, -0.05) is 15.9 Å². The van der Waals surface area contributed by atoms with Crippen LogP contribution < -0.4 is 4.74 Å². The molecule has 0 saturated heterocycles. The summed E-state index contributed by atoms with van der Waals surface area (Å²) < 4.78 is 19.5. The summed E-state index contributed by atoms with van der Waals surface area (Å²) in [5.74, 6) is -0.170. The maximum atomic E-state index is 13.8. The second-order valence-electron chi connectivity index (χ2n) is 4.14. The highest BCUT2D eigenvalue weighted by Gasteiger charge is 2.15. The van der Waals surface area contributed by atoms with Gasteiger partial charge in [-0.15, -0.1) is 0 Å². The van der Waals surface area contributed by atoms with Gasteiger partial charge in [0, 0.05) is 10.0 Å². The topological polar surface area (TPSA) is 26.3 Å². The molecule has 0 bridgehead atoms. The van der Waals surface area contributed by atoms with Gasteiger partial charge >= 0.3 is 0 Å². The van der Waals surface area contributed by atoms with Gasteiger partial charge in [-0.25, -0.2) is 4.39 Å². The minimum absolute atomic E-state index is 0.0627. The number of rotatable bonds is 3. The lowest BCUT2D eigenvalue weighted by atomic mass is 10.0. The van der Waals surface area contributed by atoms with E-state index in [0.29, 0.717) is 15.8 Å². The van der Waals surface area contributed by atoms with Crippen LogP contribution in [0.15, 0.2) is 40.9 Å². The van der Waals surface area contributed by atoms with Crippen molar-refractivity contribution in [3.8, 4) is 5.75 Å². The van der Waals surface area contributed by atoms with Gasteiger partial charge < -0.3 is 4.74 Å². The lowest BCUT2D eigenvalue weighted by molar-refractivity contribution is 0.103. The van der Waals surface area contributed by atoms with E-state index >= 15 is 0 Å². The Hall–Kier alpha value is -1.68. The monoisotopic (exact) mass is 322 g/mol. The number of aryl methyl sites for hydroxylation is 1. The number of halogens is 2. The third kappa shape index (κ3) is 2.84. The zero-order chi connectivity index (χ0) is 14.0. The Bertz CT molecular complexity index is 638. The van der Waals surface area contributed by atoms with E-state index in [1.165, 1.54) is 12.1 Å². The average molecular weight is 323 g/mol. The summed E-state index contributed by atoms with van der Waals surface area (Å²) in [4.78, 5) is 12.2. The third-order valence-electron chi connectivity index (χ3n) is 2.83. The number of carbonyl (C=O) groups excluding carboxylic acids is 1. The number of hydrogen-bond acceptors (Lipinski definition) is 2. The van der Waals surface area contributed by atoms with E-state index < -0.39 is 5.82 Å². The summed E-state index contributed by atoms with van der Waals surface area (Å²) in [6.45, 7) is 1.84. The molecule has 0 heterocycles. The lowest BCUT2D eigenvalue weighted by Crippen LogP contribution is -2.05. The van der Waals surface area contributed by atoms with Gasteiger partial charge in [0.05, 0.1) is 12.7 Å². The van der Waals surface area contributed by atoms with Gasteiger partial charge in [0.1, 0.15) is 11.6 Å². The first-order valence-electron chi connectivity index (χ1n) is 5.67. The summed E-state index contributed by atoms with van der Waals surface area (Å²) >= 11 is 3.16. The largest absolute Gasteiger partial charge is 0.496 e. The molecule has 2 aromatic rings. The Labute approximate surface area is 119 Å². The van der Waals surface area contributed by atoms with E-state index in [4.69, 9.17) is 4.74 Å². The summed E-state index contributed by atoms with van der Waals surface area (Å²) in [6.07, 6.45) is 0. The highest BCUT2D eigenvalue weighted by Crippen LogP contribution is 2.22. The van der Waals surface area contributed by atoms with E-state index in [-0.39, 0.29) is 11.3 Å². The summed E-state index contributed by atoms with van der Waals surface area (Å²) in [6, 6.07) is 9.44. The van der Waals surface area contributed by atoms with Crippen LogP contribution in [0.3, 0.4) is 0 Å². The van der Waals surface area contributed by atoms with Gasteiger partial charge in [0.15, 0.2) is 5.78 Å². The molecule has 0 saturated carbocycles. The second kappa shape index (κ2) is 5.53. The van der Waals surface area contributed by atoms with Crippen molar-refractivity contribution in [3.63, 3.8) is 0 Å². The van der Waals surface area contributed by atoms with Gasteiger partial charge in [-0.3, -0.25) is 4.79 Å². The maximum Gasteiger partial charge on any atom is 0.195 e. The first kappa shape index (κ1) is 13.7. The van der Waals surface area contributed by atoms with Crippen molar-refractivity contribution in [1.82, 2.24) is 0 Å².